The first kappa shape index (κ1) is 32.7. The van der Waals surface area contributed by atoms with E-state index in [1.807, 2.05) is 32.9 Å². The van der Waals surface area contributed by atoms with E-state index in [1.165, 1.54) is 23.5 Å². The van der Waals surface area contributed by atoms with Crippen molar-refractivity contribution in [3.8, 4) is 0 Å². The molecule has 4 rings (SSSR count). The molecular formula is C32H45N7O5. The molecule has 238 valence electrons. The molecule has 1 aliphatic carbocycles. The fourth-order valence-corrected chi connectivity index (χ4v) is 5.47. The van der Waals surface area contributed by atoms with Crippen LogP contribution in [-0.2, 0) is 22.4 Å². The predicted molar refractivity (Wildman–Crippen MR) is 166 cm³/mol. The number of hydrogen-bond acceptors (Lipinski definition) is 7. The van der Waals surface area contributed by atoms with E-state index in [0.717, 1.165) is 44.9 Å². The van der Waals surface area contributed by atoms with Crippen LogP contribution in [0, 0.1) is 5.92 Å². The first-order valence-electron chi connectivity index (χ1n) is 15.6. The van der Waals surface area contributed by atoms with Gasteiger partial charge in [-0.15, -0.1) is 0 Å². The quantitative estimate of drug-likeness (QED) is 0.283. The highest BCUT2D eigenvalue weighted by molar-refractivity contribution is 6.00. The highest BCUT2D eigenvalue weighted by atomic mass is 16.6. The number of amides is 5. The van der Waals surface area contributed by atoms with Gasteiger partial charge in [0.25, 0.3) is 5.91 Å². The summed E-state index contributed by atoms with van der Waals surface area (Å²) in [6, 6.07) is 7.80. The molecule has 0 atom stereocenters. The number of carbonyl (C=O) groups excluding carboxylic acids is 4. The molecule has 12 heteroatoms. The number of anilines is 1. The number of likely N-dealkylation sites (tertiary alicyclic amines) is 1. The average Bonchev–Trinajstić information content (AvgIpc) is 3.39. The van der Waals surface area contributed by atoms with Crippen LogP contribution in [0.5, 0.6) is 0 Å². The van der Waals surface area contributed by atoms with Gasteiger partial charge < -0.3 is 25.6 Å². The second-order valence-corrected chi connectivity index (χ2v) is 12.5. The van der Waals surface area contributed by atoms with Gasteiger partial charge in [-0.2, -0.15) is 0 Å². The minimum absolute atomic E-state index is 0.0141. The van der Waals surface area contributed by atoms with Crippen LogP contribution in [0.25, 0.3) is 0 Å². The van der Waals surface area contributed by atoms with Crippen molar-refractivity contribution in [3.05, 3.63) is 53.5 Å². The number of carbonyl (C=O) groups is 4. The predicted octanol–water partition coefficient (Wildman–Crippen LogP) is 3.82. The van der Waals surface area contributed by atoms with Gasteiger partial charge in [0, 0.05) is 51.0 Å². The summed E-state index contributed by atoms with van der Waals surface area (Å²) in [6.07, 6.45) is 8.32. The van der Waals surface area contributed by atoms with Crippen LogP contribution >= 0.6 is 0 Å². The van der Waals surface area contributed by atoms with Crippen molar-refractivity contribution in [3.63, 3.8) is 0 Å². The van der Waals surface area contributed by atoms with Gasteiger partial charge in [0.15, 0.2) is 11.5 Å². The number of ether oxygens (including phenoxy) is 1. The third kappa shape index (κ3) is 10.2. The van der Waals surface area contributed by atoms with Crippen LogP contribution in [0.3, 0.4) is 0 Å². The van der Waals surface area contributed by atoms with Gasteiger partial charge in [0.05, 0.1) is 0 Å². The number of unbranched alkanes of at least 4 members (excludes halogenated alkanes) is 2. The molecule has 1 aromatic carbocycles. The van der Waals surface area contributed by atoms with Gasteiger partial charge in [-0.25, -0.2) is 19.6 Å². The highest BCUT2D eigenvalue weighted by Crippen LogP contribution is 2.23. The summed E-state index contributed by atoms with van der Waals surface area (Å²) in [5.41, 5.74) is 2.04. The molecule has 4 N–H and O–H groups in total. The normalized spacial score (nSPS) is 15.3. The van der Waals surface area contributed by atoms with Crippen molar-refractivity contribution in [1.29, 1.82) is 0 Å². The van der Waals surface area contributed by atoms with Crippen molar-refractivity contribution in [2.45, 2.75) is 83.8 Å². The van der Waals surface area contributed by atoms with E-state index in [-0.39, 0.29) is 41.3 Å². The third-order valence-corrected chi connectivity index (χ3v) is 7.76. The summed E-state index contributed by atoms with van der Waals surface area (Å²) >= 11 is 0. The van der Waals surface area contributed by atoms with Crippen molar-refractivity contribution < 1.29 is 23.9 Å². The van der Waals surface area contributed by atoms with Crippen molar-refractivity contribution >= 4 is 29.8 Å². The summed E-state index contributed by atoms with van der Waals surface area (Å²) in [5.74, 6) is 0.0771. The van der Waals surface area contributed by atoms with E-state index in [0.29, 0.717) is 32.6 Å². The standard InChI is InChI=1S/C32H45N7O5/c1-32(2,3)44-31(43)35-14-8-4-5-11-26(40)36-21-22-12-17-39(18-13-22)30(42)38-28-27(33-15-16-34-28)29(41)37-25-19-23-9-6-7-10-24(23)20-25/h6-7,9-10,15-16,22,25H,4-5,8,11-14,17-21H2,1-3H3,(H,35,43)(H,36,40)(H,37,41)(H,34,38,42). The molecule has 1 aromatic heterocycles. The molecule has 2 aliphatic rings. The number of piperidine rings is 1. The lowest BCUT2D eigenvalue weighted by molar-refractivity contribution is -0.121. The largest absolute Gasteiger partial charge is 0.444 e. The SMILES string of the molecule is CC(C)(C)OC(=O)NCCCCCC(=O)NCC1CCN(C(=O)Nc2nccnc2C(=O)NC2Cc3ccccc3C2)CC1. The maximum atomic E-state index is 13.0. The Kier molecular flexibility index (Phi) is 11.5. The van der Waals surface area contributed by atoms with E-state index in [1.54, 1.807) is 4.90 Å². The van der Waals surface area contributed by atoms with Gasteiger partial charge in [-0.3, -0.25) is 14.9 Å². The van der Waals surface area contributed by atoms with Crippen LogP contribution in [0.15, 0.2) is 36.7 Å². The fraction of sp³-hybridized carbons (Fsp3) is 0.562. The van der Waals surface area contributed by atoms with E-state index < -0.39 is 11.7 Å². The third-order valence-electron chi connectivity index (χ3n) is 7.76. The zero-order valence-corrected chi connectivity index (χ0v) is 26.0. The van der Waals surface area contributed by atoms with Crippen LogP contribution < -0.4 is 21.3 Å². The molecular weight excluding hydrogens is 562 g/mol. The van der Waals surface area contributed by atoms with Gasteiger partial charge in [-0.05, 0) is 76.3 Å². The van der Waals surface area contributed by atoms with Crippen LogP contribution in [0.2, 0.25) is 0 Å². The summed E-state index contributed by atoms with van der Waals surface area (Å²) in [7, 11) is 0. The lowest BCUT2D eigenvalue weighted by Gasteiger charge is -2.32. The Morgan fingerprint density at radius 3 is 2.30 bits per heavy atom. The van der Waals surface area contributed by atoms with Gasteiger partial charge in [0.2, 0.25) is 5.91 Å². The molecule has 2 heterocycles. The number of fused-ring (bicyclic) bond motifs is 1. The molecule has 0 saturated carbocycles. The summed E-state index contributed by atoms with van der Waals surface area (Å²) < 4.78 is 5.20. The molecule has 5 amide bonds. The Hall–Kier alpha value is -4.22. The number of aromatic nitrogens is 2. The van der Waals surface area contributed by atoms with E-state index in [2.05, 4.69) is 43.4 Å². The topological polar surface area (TPSA) is 155 Å². The zero-order chi connectivity index (χ0) is 31.5. The minimum atomic E-state index is -0.519. The van der Waals surface area contributed by atoms with Gasteiger partial charge in [-0.1, -0.05) is 30.7 Å². The van der Waals surface area contributed by atoms with E-state index in [9.17, 15) is 19.2 Å². The van der Waals surface area contributed by atoms with E-state index in [4.69, 9.17) is 4.74 Å². The second kappa shape index (κ2) is 15.5. The Morgan fingerprint density at radius 2 is 1.61 bits per heavy atom. The monoisotopic (exact) mass is 607 g/mol. The molecule has 44 heavy (non-hydrogen) atoms. The number of nitrogens with zero attached hydrogens (tertiary/aromatic N) is 3. The number of alkyl carbamates (subject to hydrolysis) is 1. The molecule has 0 spiro atoms. The van der Waals surface area contributed by atoms with Crippen molar-refractivity contribution in [2.75, 3.05) is 31.5 Å². The molecule has 1 aliphatic heterocycles. The maximum Gasteiger partial charge on any atom is 0.407 e. The lowest BCUT2D eigenvalue weighted by atomic mass is 9.97. The molecule has 12 nitrogen and oxygen atoms in total. The fourth-order valence-electron chi connectivity index (χ4n) is 5.47. The molecule has 0 bridgehead atoms. The average molecular weight is 608 g/mol. The second-order valence-electron chi connectivity index (χ2n) is 12.5. The van der Waals surface area contributed by atoms with Gasteiger partial charge >= 0.3 is 12.1 Å². The molecule has 0 unspecified atom stereocenters. The smallest absolute Gasteiger partial charge is 0.407 e. The first-order chi connectivity index (χ1) is 21.1. The molecule has 2 aromatic rings. The number of rotatable bonds is 11. The number of urea groups is 1. The summed E-state index contributed by atoms with van der Waals surface area (Å²) in [6.45, 7) is 7.64. The Morgan fingerprint density at radius 1 is 0.932 bits per heavy atom. The lowest BCUT2D eigenvalue weighted by Crippen LogP contribution is -2.44. The number of hydrogen-bond donors (Lipinski definition) is 4. The Balaban J connectivity index is 1.11. The van der Waals surface area contributed by atoms with Crippen LogP contribution in [0.1, 0.15) is 80.9 Å². The highest BCUT2D eigenvalue weighted by Gasteiger charge is 2.27. The first-order valence-corrected chi connectivity index (χ1v) is 15.6. The summed E-state index contributed by atoms with van der Waals surface area (Å²) in [4.78, 5) is 60.1. The minimum Gasteiger partial charge on any atom is -0.444 e. The Labute approximate surface area is 259 Å². The van der Waals surface area contributed by atoms with Crippen LogP contribution in [-0.4, -0.2) is 76.6 Å². The molecule has 1 saturated heterocycles. The van der Waals surface area contributed by atoms with Crippen molar-refractivity contribution in [1.82, 2.24) is 30.8 Å². The van der Waals surface area contributed by atoms with Gasteiger partial charge in [0.1, 0.15) is 5.60 Å². The zero-order valence-electron chi connectivity index (χ0n) is 26.0. The number of benzene rings is 1. The molecule has 1 fully saturated rings. The number of nitrogens with one attached hydrogen (secondary N) is 4. The maximum absolute atomic E-state index is 13.0. The summed E-state index contributed by atoms with van der Waals surface area (Å²) in [5, 5.41) is 11.6. The van der Waals surface area contributed by atoms with Crippen molar-refractivity contribution in [2.24, 2.45) is 5.92 Å². The molecule has 0 radical (unpaired) electrons. The van der Waals surface area contributed by atoms with Crippen LogP contribution in [0.4, 0.5) is 15.4 Å². The Bertz CT molecular complexity index is 1280. The van der Waals surface area contributed by atoms with E-state index >= 15 is 0 Å².